The van der Waals surface area contributed by atoms with E-state index in [1.807, 2.05) is 0 Å². The van der Waals surface area contributed by atoms with Gasteiger partial charge in [0.1, 0.15) is 12.1 Å². The fourth-order valence-electron chi connectivity index (χ4n) is 1.73. The second kappa shape index (κ2) is 6.48. The number of methoxy groups -OCH3 is 1. The van der Waals surface area contributed by atoms with E-state index in [-0.39, 0.29) is 5.91 Å². The van der Waals surface area contributed by atoms with Gasteiger partial charge >= 0.3 is 5.84 Å². The maximum Gasteiger partial charge on any atom is 0.345 e. The molecule has 22 heavy (non-hydrogen) atoms. The minimum absolute atomic E-state index is 0.0735. The highest BCUT2D eigenvalue weighted by Crippen LogP contribution is 2.19. The van der Waals surface area contributed by atoms with Crippen molar-refractivity contribution in [3.63, 3.8) is 0 Å². The molecule has 9 heteroatoms. The van der Waals surface area contributed by atoms with Crippen LogP contribution in [0.4, 0.5) is 5.69 Å². The number of nitrogens with one attached hydrogen (secondary N) is 1. The van der Waals surface area contributed by atoms with Gasteiger partial charge in [0, 0.05) is 17.9 Å². The number of nitrogens with zero attached hydrogens (tertiary/aromatic N) is 4. The Hall–Kier alpha value is -2.55. The smallest absolute Gasteiger partial charge is 0.345 e. The molecule has 1 N–H and O–H groups in total. The first kappa shape index (κ1) is 14.4. The molecule has 3 aromatic rings. The van der Waals surface area contributed by atoms with E-state index in [1.54, 1.807) is 31.4 Å². The number of thioether (sulfide) groups is 1. The summed E-state index contributed by atoms with van der Waals surface area (Å²) in [5.41, 5.74) is 0.733. The van der Waals surface area contributed by atoms with Crippen LogP contribution in [-0.2, 0) is 4.79 Å². The zero-order valence-corrected chi connectivity index (χ0v) is 12.5. The summed E-state index contributed by atoms with van der Waals surface area (Å²) in [7, 11) is 1.60. The molecule has 0 aliphatic rings. The van der Waals surface area contributed by atoms with Crippen molar-refractivity contribution in [2.45, 2.75) is 11.6 Å². The molecule has 8 nitrogen and oxygen atoms in total. The van der Waals surface area contributed by atoms with Crippen LogP contribution in [-0.4, -0.2) is 38.6 Å². The summed E-state index contributed by atoms with van der Waals surface area (Å²) in [6.45, 7) is 0. The number of carbonyl (C=O) groups is 1. The summed E-state index contributed by atoms with van der Waals surface area (Å²) < 4.78 is 11.8. The average Bonchev–Trinajstić information content (AvgIpc) is 3.09. The van der Waals surface area contributed by atoms with Crippen LogP contribution in [0.2, 0.25) is 0 Å². The van der Waals surface area contributed by atoms with Gasteiger partial charge < -0.3 is 14.5 Å². The Balaban J connectivity index is 1.46. The number of carbonyl (C=O) groups excluding carboxylic acids is 1. The van der Waals surface area contributed by atoms with E-state index in [0.717, 1.165) is 11.4 Å². The lowest BCUT2D eigenvalue weighted by atomic mass is 10.3. The van der Waals surface area contributed by atoms with Gasteiger partial charge in [-0.1, -0.05) is 16.9 Å². The first-order chi connectivity index (χ1) is 10.7. The van der Waals surface area contributed by atoms with Crippen LogP contribution in [0.25, 0.3) is 5.84 Å². The van der Waals surface area contributed by atoms with Crippen LogP contribution in [0.3, 0.4) is 0 Å². The number of hydrogen-bond acceptors (Lipinski definition) is 7. The van der Waals surface area contributed by atoms with Gasteiger partial charge in [0.05, 0.1) is 7.11 Å². The van der Waals surface area contributed by atoms with Gasteiger partial charge in [-0.05, 0) is 24.3 Å². The Morgan fingerprint density at radius 1 is 1.41 bits per heavy atom. The van der Waals surface area contributed by atoms with E-state index in [9.17, 15) is 4.79 Å². The maximum absolute atomic E-state index is 11.8. The van der Waals surface area contributed by atoms with E-state index in [2.05, 4.69) is 20.6 Å². The summed E-state index contributed by atoms with van der Waals surface area (Å²) in [6.07, 6.45) is 1.80. The van der Waals surface area contributed by atoms with Crippen molar-refractivity contribution >= 4 is 29.2 Å². The second-order valence-corrected chi connectivity index (χ2v) is 5.35. The minimum Gasteiger partial charge on any atom is -0.497 e. The Labute approximate surface area is 129 Å². The van der Waals surface area contributed by atoms with Crippen LogP contribution in [0.15, 0.2) is 40.2 Å². The molecule has 0 saturated carbocycles. The van der Waals surface area contributed by atoms with Crippen molar-refractivity contribution in [1.82, 2.24) is 19.8 Å². The van der Waals surface area contributed by atoms with Crippen LogP contribution < -0.4 is 10.1 Å². The van der Waals surface area contributed by atoms with Gasteiger partial charge in [0.25, 0.3) is 5.22 Å². The quantitative estimate of drug-likeness (QED) is 0.693. The summed E-state index contributed by atoms with van der Waals surface area (Å²) in [5, 5.41) is 14.8. The van der Waals surface area contributed by atoms with E-state index in [1.165, 1.54) is 22.6 Å². The fourth-order valence-corrected chi connectivity index (χ4v) is 2.47. The fraction of sp³-hybridized carbons (Fsp3) is 0.231. The molecule has 2 aromatic heterocycles. The number of fused-ring (bicyclic) bond motifs is 1. The average molecular weight is 319 g/mol. The summed E-state index contributed by atoms with van der Waals surface area (Å²) >= 11 is 1.35. The lowest BCUT2D eigenvalue weighted by Gasteiger charge is -2.05. The molecule has 0 aliphatic heterocycles. The first-order valence-electron chi connectivity index (χ1n) is 6.48. The molecular formula is C13H13N5O3S. The van der Waals surface area contributed by atoms with Crippen LogP contribution in [0.1, 0.15) is 6.42 Å². The monoisotopic (exact) mass is 319 g/mol. The molecular weight excluding hydrogens is 306 g/mol. The van der Waals surface area contributed by atoms with Crippen molar-refractivity contribution in [1.29, 1.82) is 0 Å². The standard InChI is InChI=1S/C13H13N5O3S/c1-20-10-4-2-9(3-5-10)15-11(19)6-7-22-13-17-18-8-14-16-12(18)21-13/h2-5,8H,6-7H2,1H3,(H,15,19). The largest absolute Gasteiger partial charge is 0.497 e. The lowest BCUT2D eigenvalue weighted by molar-refractivity contribution is -0.115. The third-order valence-electron chi connectivity index (χ3n) is 2.80. The van der Waals surface area contributed by atoms with Crippen molar-refractivity contribution in [3.8, 4) is 5.75 Å². The number of anilines is 1. The lowest BCUT2D eigenvalue weighted by Crippen LogP contribution is -2.12. The molecule has 0 unspecified atom stereocenters. The molecule has 0 aliphatic carbocycles. The Bertz CT molecular complexity index is 739. The van der Waals surface area contributed by atoms with Crippen molar-refractivity contribution in [2.24, 2.45) is 0 Å². The molecule has 0 fully saturated rings. The predicted octanol–water partition coefficient (Wildman–Crippen LogP) is 1.85. The molecule has 3 rings (SSSR count). The van der Waals surface area contributed by atoms with Crippen molar-refractivity contribution in [3.05, 3.63) is 30.6 Å². The molecule has 2 heterocycles. The van der Waals surface area contributed by atoms with Gasteiger partial charge in [-0.2, -0.15) is 4.52 Å². The number of aromatic nitrogens is 4. The number of rotatable bonds is 6. The van der Waals surface area contributed by atoms with E-state index in [0.29, 0.717) is 23.2 Å². The topological polar surface area (TPSA) is 94.5 Å². The highest BCUT2D eigenvalue weighted by Gasteiger charge is 2.09. The summed E-state index contributed by atoms with van der Waals surface area (Å²) in [5.74, 6) is 1.57. The number of ether oxygens (including phenoxy) is 1. The van der Waals surface area contributed by atoms with Crippen LogP contribution >= 0.6 is 11.8 Å². The number of benzene rings is 1. The first-order valence-corrected chi connectivity index (χ1v) is 7.47. The third-order valence-corrected chi connectivity index (χ3v) is 3.62. The zero-order valence-electron chi connectivity index (χ0n) is 11.7. The zero-order chi connectivity index (χ0) is 15.4. The van der Waals surface area contributed by atoms with E-state index >= 15 is 0 Å². The maximum atomic E-state index is 11.8. The van der Waals surface area contributed by atoms with Crippen LogP contribution in [0.5, 0.6) is 5.75 Å². The SMILES string of the molecule is COc1ccc(NC(=O)CCSc2nn3cnnc3o2)cc1. The minimum atomic E-state index is -0.0735. The van der Waals surface area contributed by atoms with E-state index < -0.39 is 0 Å². The Kier molecular flexibility index (Phi) is 4.24. The molecule has 1 aromatic carbocycles. The Morgan fingerprint density at radius 3 is 2.95 bits per heavy atom. The summed E-state index contributed by atoms with van der Waals surface area (Å²) in [6, 6.07) is 7.17. The third kappa shape index (κ3) is 3.37. The van der Waals surface area contributed by atoms with Gasteiger partial charge in [-0.3, -0.25) is 4.79 Å². The van der Waals surface area contributed by atoms with Crippen LogP contribution in [0, 0.1) is 0 Å². The van der Waals surface area contributed by atoms with Gasteiger partial charge in [0.2, 0.25) is 5.91 Å². The van der Waals surface area contributed by atoms with E-state index in [4.69, 9.17) is 9.15 Å². The summed E-state index contributed by atoms with van der Waals surface area (Å²) in [4.78, 5) is 11.8. The molecule has 0 spiro atoms. The van der Waals surface area contributed by atoms with Crippen molar-refractivity contribution < 1.29 is 13.9 Å². The van der Waals surface area contributed by atoms with Crippen molar-refractivity contribution in [2.75, 3.05) is 18.2 Å². The number of amides is 1. The Morgan fingerprint density at radius 2 is 2.23 bits per heavy atom. The molecule has 1 amide bonds. The molecule has 0 radical (unpaired) electrons. The normalized spacial score (nSPS) is 10.8. The highest BCUT2D eigenvalue weighted by molar-refractivity contribution is 7.99. The molecule has 0 bridgehead atoms. The van der Waals surface area contributed by atoms with Gasteiger partial charge in [-0.25, -0.2) is 0 Å². The number of hydrogen-bond donors (Lipinski definition) is 1. The molecule has 114 valence electrons. The van der Waals surface area contributed by atoms with Gasteiger partial charge in [0.15, 0.2) is 0 Å². The molecule has 0 saturated heterocycles. The van der Waals surface area contributed by atoms with Gasteiger partial charge in [-0.15, -0.1) is 10.2 Å². The molecule has 0 atom stereocenters. The predicted molar refractivity (Wildman–Crippen MR) is 80.0 cm³/mol. The second-order valence-electron chi connectivity index (χ2n) is 4.30. The highest BCUT2D eigenvalue weighted by atomic mass is 32.2.